The molecule has 0 aromatic heterocycles. The highest BCUT2D eigenvalue weighted by Crippen LogP contribution is 2.18. The maximum absolute atomic E-state index is 12.5. The van der Waals surface area contributed by atoms with Crippen LogP contribution >= 0.6 is 0 Å². The van der Waals surface area contributed by atoms with Gasteiger partial charge in [0.25, 0.3) is 0 Å². The first kappa shape index (κ1) is 31.1. The van der Waals surface area contributed by atoms with E-state index in [0.717, 1.165) is 28.8 Å². The van der Waals surface area contributed by atoms with Crippen LogP contribution in [0.25, 0.3) is 0 Å². The molecule has 0 fully saturated rings. The van der Waals surface area contributed by atoms with Gasteiger partial charge >= 0.3 is 12.1 Å². The van der Waals surface area contributed by atoms with Crippen molar-refractivity contribution in [3.05, 3.63) is 119 Å². The number of urea groups is 1. The van der Waals surface area contributed by atoms with Crippen molar-refractivity contribution < 1.29 is 24.2 Å². The Morgan fingerprint density at radius 1 is 0.651 bits per heavy atom. The minimum absolute atomic E-state index is 0.188. The average Bonchev–Trinajstić information content (AvgIpc) is 2.97. The van der Waals surface area contributed by atoms with Gasteiger partial charge in [-0.05, 0) is 97.5 Å². The van der Waals surface area contributed by atoms with Crippen LogP contribution in [0.5, 0.6) is 0 Å². The molecule has 0 aliphatic carbocycles. The number of amides is 3. The smallest absolute Gasteiger partial charge is 0.411 e. The molecule has 2 unspecified atom stereocenters. The summed E-state index contributed by atoms with van der Waals surface area (Å²) in [6.07, 6.45) is -0.101. The Bertz CT molecular complexity index is 1460. The molecule has 0 bridgehead atoms. The topological polar surface area (TPSA) is 135 Å². The molecule has 6 N–H and O–H groups in total. The molecule has 0 saturated carbocycles. The number of aliphatic hydroxyl groups is 1. The zero-order valence-electron chi connectivity index (χ0n) is 24.4. The van der Waals surface area contributed by atoms with E-state index in [1.54, 1.807) is 13.8 Å². The van der Waals surface area contributed by atoms with E-state index in [1.165, 1.54) is 5.56 Å². The molecular formula is C34H38N4O5. The fourth-order valence-electron chi connectivity index (χ4n) is 4.29. The molecule has 0 aliphatic heterocycles. The molecule has 0 heterocycles. The highest BCUT2D eigenvalue weighted by molar-refractivity contribution is 5.99. The summed E-state index contributed by atoms with van der Waals surface area (Å²) in [5, 5.41) is 17.7. The lowest BCUT2D eigenvalue weighted by Gasteiger charge is -2.15. The second-order valence-corrected chi connectivity index (χ2v) is 10.5. The van der Waals surface area contributed by atoms with Gasteiger partial charge in [-0.15, -0.1) is 0 Å². The average molecular weight is 583 g/mol. The summed E-state index contributed by atoms with van der Waals surface area (Å²) in [4.78, 5) is 24.6. The second kappa shape index (κ2) is 15.4. The van der Waals surface area contributed by atoms with E-state index in [-0.39, 0.29) is 19.2 Å². The van der Waals surface area contributed by atoms with Crippen LogP contribution in [-0.4, -0.2) is 42.7 Å². The Kier molecular flexibility index (Phi) is 11.1. The molecule has 9 nitrogen and oxygen atoms in total. The van der Waals surface area contributed by atoms with Gasteiger partial charge in [0, 0.05) is 22.7 Å². The molecular weight excluding hydrogens is 544 g/mol. The summed E-state index contributed by atoms with van der Waals surface area (Å²) in [6, 6.07) is 30.4. The quantitative estimate of drug-likeness (QED) is 0.122. The third-order valence-corrected chi connectivity index (χ3v) is 6.44. The van der Waals surface area contributed by atoms with Crippen LogP contribution in [0.1, 0.15) is 36.1 Å². The van der Waals surface area contributed by atoms with Gasteiger partial charge in [-0.2, -0.15) is 0 Å². The van der Waals surface area contributed by atoms with Crippen molar-refractivity contribution in [2.24, 2.45) is 0 Å². The number of aliphatic hydroxyl groups excluding tert-OH is 1. The van der Waals surface area contributed by atoms with Crippen LogP contribution in [0, 0.1) is 0 Å². The Balaban J connectivity index is 1.19. The van der Waals surface area contributed by atoms with Crippen LogP contribution in [-0.2, 0) is 22.3 Å². The number of anilines is 4. The van der Waals surface area contributed by atoms with E-state index in [1.807, 2.05) is 97.1 Å². The molecule has 224 valence electrons. The number of nitrogen functional groups attached to an aromatic ring is 1. The van der Waals surface area contributed by atoms with Gasteiger partial charge in [0.05, 0.1) is 19.3 Å². The van der Waals surface area contributed by atoms with Crippen molar-refractivity contribution in [3.8, 4) is 0 Å². The van der Waals surface area contributed by atoms with Crippen molar-refractivity contribution in [3.63, 3.8) is 0 Å². The van der Waals surface area contributed by atoms with Crippen molar-refractivity contribution in [1.82, 2.24) is 0 Å². The highest BCUT2D eigenvalue weighted by atomic mass is 16.6. The van der Waals surface area contributed by atoms with E-state index in [0.29, 0.717) is 23.5 Å². The lowest BCUT2D eigenvalue weighted by molar-refractivity contribution is -0.000796. The first-order chi connectivity index (χ1) is 20.7. The third-order valence-electron chi connectivity index (χ3n) is 6.44. The number of rotatable bonds is 12. The molecule has 4 aromatic carbocycles. The predicted molar refractivity (Wildman–Crippen MR) is 170 cm³/mol. The number of carbonyl (C=O) groups is 2. The fourth-order valence-corrected chi connectivity index (χ4v) is 4.29. The zero-order valence-corrected chi connectivity index (χ0v) is 24.4. The molecule has 9 heteroatoms. The van der Waals surface area contributed by atoms with E-state index in [4.69, 9.17) is 15.2 Å². The molecule has 3 amide bonds. The van der Waals surface area contributed by atoms with Crippen LogP contribution in [0.3, 0.4) is 0 Å². The van der Waals surface area contributed by atoms with E-state index >= 15 is 0 Å². The van der Waals surface area contributed by atoms with Crippen molar-refractivity contribution in [1.29, 1.82) is 0 Å². The third kappa shape index (κ3) is 10.8. The first-order valence-electron chi connectivity index (χ1n) is 14.1. The molecule has 43 heavy (non-hydrogen) atoms. The monoisotopic (exact) mass is 582 g/mol. The number of nitrogens with two attached hydrogens (primary N) is 1. The molecule has 0 spiro atoms. The predicted octanol–water partition coefficient (Wildman–Crippen LogP) is 6.43. The van der Waals surface area contributed by atoms with Crippen molar-refractivity contribution in [2.45, 2.75) is 38.9 Å². The Hall–Kier alpha value is -4.86. The summed E-state index contributed by atoms with van der Waals surface area (Å²) < 4.78 is 10.5. The van der Waals surface area contributed by atoms with Crippen LogP contribution in [0.15, 0.2) is 97.1 Å². The summed E-state index contributed by atoms with van der Waals surface area (Å²) in [7, 11) is 0. The van der Waals surface area contributed by atoms with Gasteiger partial charge < -0.3 is 30.9 Å². The number of benzene rings is 4. The molecule has 4 rings (SSSR count). The van der Waals surface area contributed by atoms with Gasteiger partial charge in [-0.1, -0.05) is 48.5 Å². The molecule has 2 atom stereocenters. The second-order valence-electron chi connectivity index (χ2n) is 10.5. The molecule has 0 aliphatic rings. The fraction of sp³-hybridized carbons (Fsp3) is 0.235. The highest BCUT2D eigenvalue weighted by Gasteiger charge is 2.11. The maximum atomic E-state index is 12.5. The lowest BCUT2D eigenvalue weighted by Crippen LogP contribution is -2.25. The number of carbonyl (C=O) groups excluding carboxylic acids is 2. The van der Waals surface area contributed by atoms with Crippen LogP contribution in [0.2, 0.25) is 0 Å². The van der Waals surface area contributed by atoms with E-state index in [2.05, 4.69) is 16.0 Å². The maximum Gasteiger partial charge on any atom is 0.411 e. The Morgan fingerprint density at radius 2 is 1.05 bits per heavy atom. The standard InChI is InChI=1S/C34H38N4O5/c1-23(39)21-42-22-24(2)43-34(41)38-32-17-9-28(10-18-32)20-27-7-15-31(16-8-27)37-33(40)36-30-13-5-26(6-14-30)19-25-3-11-29(35)12-4-25/h3-18,23-24,39H,19-22,35H2,1-2H3,(H,38,41)(H2,36,37,40). The van der Waals surface area contributed by atoms with E-state index in [9.17, 15) is 14.7 Å². The normalized spacial score (nSPS) is 12.2. The van der Waals surface area contributed by atoms with E-state index < -0.39 is 18.3 Å². The zero-order chi connectivity index (χ0) is 30.6. The van der Waals surface area contributed by atoms with Gasteiger partial charge in [0.2, 0.25) is 0 Å². The van der Waals surface area contributed by atoms with Crippen molar-refractivity contribution >= 4 is 34.9 Å². The summed E-state index contributed by atoms with van der Waals surface area (Å²) in [6.45, 7) is 3.74. The number of ether oxygens (including phenoxy) is 2. The number of nitrogens with one attached hydrogen (secondary N) is 3. The molecule has 0 saturated heterocycles. The minimum Gasteiger partial charge on any atom is -0.444 e. The summed E-state index contributed by atoms with van der Waals surface area (Å²) in [5.74, 6) is 0. The first-order valence-corrected chi connectivity index (χ1v) is 14.1. The van der Waals surface area contributed by atoms with Crippen LogP contribution in [0.4, 0.5) is 32.3 Å². The number of hydrogen-bond acceptors (Lipinski definition) is 6. The van der Waals surface area contributed by atoms with Gasteiger partial charge in [-0.3, -0.25) is 5.32 Å². The minimum atomic E-state index is -0.570. The lowest BCUT2D eigenvalue weighted by atomic mass is 10.0. The van der Waals surface area contributed by atoms with Gasteiger partial charge in [0.1, 0.15) is 6.10 Å². The van der Waals surface area contributed by atoms with Gasteiger partial charge in [0.15, 0.2) is 0 Å². The van der Waals surface area contributed by atoms with Crippen LogP contribution < -0.4 is 21.7 Å². The van der Waals surface area contributed by atoms with Gasteiger partial charge in [-0.25, -0.2) is 9.59 Å². The Labute approximate surface area is 252 Å². The Morgan fingerprint density at radius 3 is 1.47 bits per heavy atom. The largest absolute Gasteiger partial charge is 0.444 e. The summed E-state index contributed by atoms with van der Waals surface area (Å²) in [5.41, 5.74) is 13.0. The summed E-state index contributed by atoms with van der Waals surface area (Å²) >= 11 is 0. The molecule has 4 aromatic rings. The van der Waals surface area contributed by atoms with Crippen molar-refractivity contribution in [2.75, 3.05) is 34.9 Å². The molecule has 0 radical (unpaired) electrons. The SMILES string of the molecule is CC(O)COCC(C)OC(=O)Nc1ccc(Cc2ccc(NC(=O)Nc3ccc(Cc4ccc(N)cc4)cc3)cc2)cc1. The number of hydrogen-bond donors (Lipinski definition) is 5.